The molecule has 0 bridgehead atoms. The molecule has 0 spiro atoms. The van der Waals surface area contributed by atoms with E-state index in [1.54, 1.807) is 7.11 Å². The smallest absolute Gasteiger partial charge is 0.256 e. The maximum absolute atomic E-state index is 12.3. The van der Waals surface area contributed by atoms with Crippen molar-refractivity contribution in [2.75, 3.05) is 19.0 Å². The fraction of sp³-hybridized carbons (Fsp3) is 0.533. The molecule has 0 saturated heterocycles. The van der Waals surface area contributed by atoms with Crippen molar-refractivity contribution in [3.05, 3.63) is 24.3 Å². The first-order chi connectivity index (χ1) is 9.10. The van der Waals surface area contributed by atoms with E-state index in [9.17, 15) is 4.79 Å². The lowest BCUT2D eigenvalue weighted by Crippen LogP contribution is -2.43. The summed E-state index contributed by atoms with van der Waals surface area (Å²) in [4.78, 5) is 12.3. The largest absolute Gasteiger partial charge is 0.494 e. The van der Waals surface area contributed by atoms with E-state index in [-0.39, 0.29) is 5.91 Å². The maximum atomic E-state index is 12.3. The Balaban J connectivity index is 2.01. The second-order valence-corrected chi connectivity index (χ2v) is 5.00. The van der Waals surface area contributed by atoms with Crippen LogP contribution in [0.3, 0.4) is 0 Å². The molecule has 4 heteroatoms. The van der Waals surface area contributed by atoms with E-state index in [0.717, 1.165) is 24.3 Å². The number of rotatable bonds is 6. The van der Waals surface area contributed by atoms with E-state index in [1.807, 2.05) is 38.1 Å². The Morgan fingerprint density at radius 3 is 2.47 bits per heavy atom. The van der Waals surface area contributed by atoms with E-state index >= 15 is 0 Å². The molecule has 1 aromatic carbocycles. The molecule has 4 nitrogen and oxygen atoms in total. The highest BCUT2D eigenvalue weighted by Crippen LogP contribution is 2.42. The van der Waals surface area contributed by atoms with E-state index in [0.29, 0.717) is 12.5 Å². The predicted molar refractivity (Wildman–Crippen MR) is 74.4 cm³/mol. The molecule has 1 aromatic rings. The summed E-state index contributed by atoms with van der Waals surface area (Å²) in [6.07, 6.45) is 2.11. The molecule has 0 unspecified atom stereocenters. The molecule has 0 aliphatic heterocycles. The van der Waals surface area contributed by atoms with Gasteiger partial charge in [0.2, 0.25) is 0 Å². The molecule has 19 heavy (non-hydrogen) atoms. The summed E-state index contributed by atoms with van der Waals surface area (Å²) < 4.78 is 10.8. The lowest BCUT2D eigenvalue weighted by molar-refractivity contribution is -0.138. The first-order valence-corrected chi connectivity index (χ1v) is 6.69. The highest BCUT2D eigenvalue weighted by Gasteiger charge is 2.47. The molecule has 1 N–H and O–H groups in total. The van der Waals surface area contributed by atoms with Gasteiger partial charge in [-0.3, -0.25) is 4.79 Å². The average Bonchev–Trinajstić information content (AvgIpc) is 3.25. The van der Waals surface area contributed by atoms with Crippen molar-refractivity contribution in [3.63, 3.8) is 0 Å². The van der Waals surface area contributed by atoms with Crippen LogP contribution in [0.15, 0.2) is 24.3 Å². The number of ether oxygens (including phenoxy) is 2. The normalized spacial score (nSPS) is 17.6. The number of nitrogens with one attached hydrogen (secondary N) is 1. The molecule has 1 fully saturated rings. The first kappa shape index (κ1) is 13.9. The Morgan fingerprint density at radius 1 is 1.37 bits per heavy atom. The van der Waals surface area contributed by atoms with Gasteiger partial charge in [0.05, 0.1) is 6.61 Å². The average molecular weight is 263 g/mol. The van der Waals surface area contributed by atoms with Crippen LogP contribution in [0.25, 0.3) is 0 Å². The van der Waals surface area contributed by atoms with Crippen LogP contribution in [-0.2, 0) is 9.53 Å². The van der Waals surface area contributed by atoms with Gasteiger partial charge in [-0.2, -0.15) is 0 Å². The van der Waals surface area contributed by atoms with Crippen LogP contribution in [0.1, 0.15) is 26.7 Å². The molecule has 1 amide bonds. The lowest BCUT2D eigenvalue weighted by Gasteiger charge is -2.26. The van der Waals surface area contributed by atoms with E-state index in [1.165, 1.54) is 0 Å². The molecule has 1 aliphatic rings. The zero-order chi connectivity index (χ0) is 13.9. The third-order valence-electron chi connectivity index (χ3n) is 3.65. The number of hydrogen-bond acceptors (Lipinski definition) is 3. The standard InChI is InChI=1S/C15H21NO3/c1-4-19-13-9-7-12(8-10-13)16-14(17)15(2,18-3)11-5-6-11/h7-11H,4-6H2,1-3H3,(H,16,17)/t15-/m0/s1. The maximum Gasteiger partial charge on any atom is 0.256 e. The van der Waals surface area contributed by atoms with Crippen molar-refractivity contribution in [1.29, 1.82) is 0 Å². The minimum absolute atomic E-state index is 0.0818. The SMILES string of the molecule is CCOc1ccc(NC(=O)[C@@](C)(OC)C2CC2)cc1. The zero-order valence-corrected chi connectivity index (χ0v) is 11.7. The first-order valence-electron chi connectivity index (χ1n) is 6.69. The van der Waals surface area contributed by atoms with Gasteiger partial charge in [0.15, 0.2) is 0 Å². The molecule has 1 aliphatic carbocycles. The van der Waals surface area contributed by atoms with Gasteiger partial charge in [-0.1, -0.05) is 0 Å². The van der Waals surface area contributed by atoms with Gasteiger partial charge in [-0.05, 0) is 56.9 Å². The monoisotopic (exact) mass is 263 g/mol. The highest BCUT2D eigenvalue weighted by molar-refractivity contribution is 5.97. The molecular formula is C15H21NO3. The predicted octanol–water partition coefficient (Wildman–Crippen LogP) is 2.84. The highest BCUT2D eigenvalue weighted by atomic mass is 16.5. The summed E-state index contributed by atoms with van der Waals surface area (Å²) >= 11 is 0. The summed E-state index contributed by atoms with van der Waals surface area (Å²) in [5.41, 5.74) is 0.0378. The summed E-state index contributed by atoms with van der Waals surface area (Å²) in [7, 11) is 1.59. The second kappa shape index (κ2) is 5.61. The third-order valence-corrected chi connectivity index (χ3v) is 3.65. The summed E-state index contributed by atoms with van der Waals surface area (Å²) in [5.74, 6) is 1.05. The van der Waals surface area contributed by atoms with Gasteiger partial charge in [-0.25, -0.2) is 0 Å². The van der Waals surface area contributed by atoms with Crippen LogP contribution < -0.4 is 10.1 Å². The molecule has 0 aromatic heterocycles. The number of carbonyl (C=O) groups is 1. The molecule has 2 rings (SSSR count). The number of methoxy groups -OCH3 is 1. The Hall–Kier alpha value is -1.55. The molecule has 104 valence electrons. The van der Waals surface area contributed by atoms with Crippen molar-refractivity contribution in [1.82, 2.24) is 0 Å². The summed E-state index contributed by atoms with van der Waals surface area (Å²) in [5, 5.41) is 2.90. The van der Waals surface area contributed by atoms with Gasteiger partial charge >= 0.3 is 0 Å². The minimum atomic E-state index is -0.724. The molecule has 1 saturated carbocycles. The zero-order valence-electron chi connectivity index (χ0n) is 11.7. The summed E-state index contributed by atoms with van der Waals surface area (Å²) in [6.45, 7) is 4.43. The molecule has 0 radical (unpaired) electrons. The quantitative estimate of drug-likeness (QED) is 0.858. The number of hydrogen-bond donors (Lipinski definition) is 1. The van der Waals surface area contributed by atoms with Gasteiger partial charge in [0.1, 0.15) is 11.4 Å². The van der Waals surface area contributed by atoms with E-state index < -0.39 is 5.60 Å². The fourth-order valence-electron chi connectivity index (χ4n) is 2.14. The molecule has 0 heterocycles. The van der Waals surface area contributed by atoms with Crippen LogP contribution in [0.5, 0.6) is 5.75 Å². The molecular weight excluding hydrogens is 242 g/mol. The van der Waals surface area contributed by atoms with Crippen molar-refractivity contribution in [2.45, 2.75) is 32.3 Å². The Morgan fingerprint density at radius 2 is 2.00 bits per heavy atom. The van der Waals surface area contributed by atoms with Crippen molar-refractivity contribution in [2.24, 2.45) is 5.92 Å². The van der Waals surface area contributed by atoms with Crippen LogP contribution in [0.4, 0.5) is 5.69 Å². The van der Waals surface area contributed by atoms with Gasteiger partial charge in [0, 0.05) is 12.8 Å². The number of amides is 1. The van der Waals surface area contributed by atoms with Crippen LogP contribution in [0.2, 0.25) is 0 Å². The van der Waals surface area contributed by atoms with E-state index in [2.05, 4.69) is 5.32 Å². The van der Waals surface area contributed by atoms with Gasteiger partial charge in [-0.15, -0.1) is 0 Å². The minimum Gasteiger partial charge on any atom is -0.494 e. The van der Waals surface area contributed by atoms with Gasteiger partial charge in [0.25, 0.3) is 5.91 Å². The lowest BCUT2D eigenvalue weighted by atomic mass is 9.99. The van der Waals surface area contributed by atoms with Crippen molar-refractivity contribution >= 4 is 11.6 Å². The number of carbonyl (C=O) groups excluding carboxylic acids is 1. The molecule has 1 atom stereocenters. The Labute approximate surface area is 114 Å². The van der Waals surface area contributed by atoms with Crippen molar-refractivity contribution in [3.8, 4) is 5.75 Å². The van der Waals surface area contributed by atoms with Crippen LogP contribution in [0, 0.1) is 5.92 Å². The Bertz CT molecular complexity index is 439. The summed E-state index contributed by atoms with van der Waals surface area (Å²) in [6, 6.07) is 7.37. The van der Waals surface area contributed by atoms with Crippen LogP contribution >= 0.6 is 0 Å². The second-order valence-electron chi connectivity index (χ2n) is 5.00. The van der Waals surface area contributed by atoms with Crippen molar-refractivity contribution < 1.29 is 14.3 Å². The Kier molecular flexibility index (Phi) is 4.10. The van der Waals surface area contributed by atoms with Crippen LogP contribution in [-0.4, -0.2) is 25.2 Å². The number of benzene rings is 1. The van der Waals surface area contributed by atoms with E-state index in [4.69, 9.17) is 9.47 Å². The topological polar surface area (TPSA) is 47.6 Å². The van der Waals surface area contributed by atoms with Gasteiger partial charge < -0.3 is 14.8 Å². The number of anilines is 1. The third kappa shape index (κ3) is 3.07. The fourth-order valence-corrected chi connectivity index (χ4v) is 2.14.